The van der Waals surface area contributed by atoms with Crippen molar-refractivity contribution in [2.75, 3.05) is 12.9 Å². The summed E-state index contributed by atoms with van der Waals surface area (Å²) in [4.78, 5) is 10.6. The van der Waals surface area contributed by atoms with E-state index in [9.17, 15) is 4.79 Å². The SMILES string of the molecule is COc1ccccc1CSCC(C)C(=O)O. The lowest BCUT2D eigenvalue weighted by molar-refractivity contribution is -0.140. The molecule has 0 fully saturated rings. The normalized spacial score (nSPS) is 12.1. The summed E-state index contributed by atoms with van der Waals surface area (Å²) in [5.41, 5.74) is 1.10. The fraction of sp³-hybridized carbons (Fsp3) is 0.417. The van der Waals surface area contributed by atoms with Crippen LogP contribution in [0.25, 0.3) is 0 Å². The molecule has 0 aromatic heterocycles. The number of thioether (sulfide) groups is 1. The van der Waals surface area contributed by atoms with E-state index in [0.717, 1.165) is 17.1 Å². The molecular formula is C12H16O3S. The molecule has 1 atom stereocenters. The maximum Gasteiger partial charge on any atom is 0.307 e. The molecule has 3 nitrogen and oxygen atoms in total. The third-order valence-electron chi connectivity index (χ3n) is 2.24. The van der Waals surface area contributed by atoms with E-state index >= 15 is 0 Å². The summed E-state index contributed by atoms with van der Waals surface area (Å²) in [6.07, 6.45) is 0. The summed E-state index contributed by atoms with van der Waals surface area (Å²) in [6, 6.07) is 7.79. The zero-order chi connectivity index (χ0) is 12.0. The van der Waals surface area contributed by atoms with E-state index in [4.69, 9.17) is 9.84 Å². The minimum Gasteiger partial charge on any atom is -0.496 e. The van der Waals surface area contributed by atoms with Gasteiger partial charge in [-0.3, -0.25) is 4.79 Å². The highest BCUT2D eigenvalue weighted by atomic mass is 32.2. The maximum absolute atomic E-state index is 10.6. The fourth-order valence-corrected chi connectivity index (χ4v) is 2.31. The summed E-state index contributed by atoms with van der Waals surface area (Å²) in [7, 11) is 1.64. The molecule has 0 radical (unpaired) electrons. The molecule has 4 heteroatoms. The third kappa shape index (κ3) is 3.77. The van der Waals surface area contributed by atoms with Crippen molar-refractivity contribution in [3.05, 3.63) is 29.8 Å². The number of para-hydroxylation sites is 1. The van der Waals surface area contributed by atoms with Crippen LogP contribution in [0, 0.1) is 5.92 Å². The van der Waals surface area contributed by atoms with Crippen molar-refractivity contribution in [2.45, 2.75) is 12.7 Å². The average Bonchev–Trinajstić information content (AvgIpc) is 2.29. The smallest absolute Gasteiger partial charge is 0.307 e. The van der Waals surface area contributed by atoms with Crippen molar-refractivity contribution in [3.8, 4) is 5.75 Å². The van der Waals surface area contributed by atoms with Crippen molar-refractivity contribution in [1.82, 2.24) is 0 Å². The van der Waals surface area contributed by atoms with Gasteiger partial charge in [-0.15, -0.1) is 0 Å². The zero-order valence-corrected chi connectivity index (χ0v) is 10.3. The molecule has 0 aliphatic rings. The average molecular weight is 240 g/mol. The molecular weight excluding hydrogens is 224 g/mol. The molecule has 0 heterocycles. The van der Waals surface area contributed by atoms with E-state index in [2.05, 4.69) is 0 Å². The first-order chi connectivity index (χ1) is 7.65. The number of aliphatic carboxylic acids is 1. The van der Waals surface area contributed by atoms with Crippen LogP contribution in [0.5, 0.6) is 5.75 Å². The third-order valence-corrected chi connectivity index (χ3v) is 3.49. The molecule has 0 aliphatic carbocycles. The molecule has 0 aliphatic heterocycles. The molecule has 0 spiro atoms. The molecule has 0 amide bonds. The largest absolute Gasteiger partial charge is 0.496 e. The fourth-order valence-electron chi connectivity index (χ4n) is 1.24. The van der Waals surface area contributed by atoms with Gasteiger partial charge in [-0.25, -0.2) is 0 Å². The first-order valence-electron chi connectivity index (χ1n) is 5.07. The van der Waals surface area contributed by atoms with Gasteiger partial charge >= 0.3 is 5.97 Å². The van der Waals surface area contributed by atoms with E-state index in [1.54, 1.807) is 25.8 Å². The van der Waals surface area contributed by atoms with Gasteiger partial charge in [0.15, 0.2) is 0 Å². The summed E-state index contributed by atoms with van der Waals surface area (Å²) in [5.74, 6) is 1.21. The van der Waals surface area contributed by atoms with Gasteiger partial charge in [-0.05, 0) is 6.07 Å². The van der Waals surface area contributed by atoms with Gasteiger partial charge in [-0.2, -0.15) is 11.8 Å². The first kappa shape index (κ1) is 12.9. The second kappa shape index (κ2) is 6.43. The maximum atomic E-state index is 10.6. The Morgan fingerprint density at radius 3 is 2.81 bits per heavy atom. The van der Waals surface area contributed by atoms with E-state index < -0.39 is 5.97 Å². The van der Waals surface area contributed by atoms with Crippen molar-refractivity contribution < 1.29 is 14.6 Å². The van der Waals surface area contributed by atoms with E-state index in [-0.39, 0.29) is 5.92 Å². The van der Waals surface area contributed by atoms with Crippen molar-refractivity contribution in [3.63, 3.8) is 0 Å². The van der Waals surface area contributed by atoms with Gasteiger partial charge in [0.25, 0.3) is 0 Å². The van der Waals surface area contributed by atoms with Crippen LogP contribution in [0.2, 0.25) is 0 Å². The number of carboxylic acids is 1. The molecule has 0 saturated heterocycles. The molecule has 0 bridgehead atoms. The Hall–Kier alpha value is -1.16. The Morgan fingerprint density at radius 2 is 2.19 bits per heavy atom. The Bertz CT molecular complexity index is 352. The van der Waals surface area contributed by atoms with Gasteiger partial charge < -0.3 is 9.84 Å². The lowest BCUT2D eigenvalue weighted by atomic mass is 10.2. The van der Waals surface area contributed by atoms with Crippen LogP contribution in [0.1, 0.15) is 12.5 Å². The van der Waals surface area contributed by atoms with Gasteiger partial charge in [0.05, 0.1) is 13.0 Å². The number of hydrogen-bond acceptors (Lipinski definition) is 3. The van der Waals surface area contributed by atoms with E-state index in [1.165, 1.54) is 0 Å². The lowest BCUT2D eigenvalue weighted by Gasteiger charge is -2.09. The summed E-state index contributed by atoms with van der Waals surface area (Å²) < 4.78 is 5.22. The summed E-state index contributed by atoms with van der Waals surface area (Å²) >= 11 is 1.61. The summed E-state index contributed by atoms with van der Waals surface area (Å²) in [6.45, 7) is 1.72. The van der Waals surface area contributed by atoms with Crippen molar-refractivity contribution in [1.29, 1.82) is 0 Å². The Balaban J connectivity index is 2.45. The molecule has 16 heavy (non-hydrogen) atoms. The molecule has 1 N–H and O–H groups in total. The highest BCUT2D eigenvalue weighted by Gasteiger charge is 2.11. The van der Waals surface area contributed by atoms with Crippen molar-refractivity contribution in [2.24, 2.45) is 5.92 Å². The monoisotopic (exact) mass is 240 g/mol. The quantitative estimate of drug-likeness (QED) is 0.830. The number of carboxylic acid groups (broad SMARTS) is 1. The predicted molar refractivity (Wildman–Crippen MR) is 66.0 cm³/mol. The molecule has 1 unspecified atom stereocenters. The number of methoxy groups -OCH3 is 1. The van der Waals surface area contributed by atoms with Crippen LogP contribution in [-0.4, -0.2) is 23.9 Å². The molecule has 1 aromatic carbocycles. The number of carbonyl (C=O) groups is 1. The molecule has 88 valence electrons. The summed E-state index contributed by atoms with van der Waals surface area (Å²) in [5, 5.41) is 8.74. The van der Waals surface area contributed by atoms with Crippen LogP contribution in [0.3, 0.4) is 0 Å². The Kier molecular flexibility index (Phi) is 5.19. The first-order valence-corrected chi connectivity index (χ1v) is 6.23. The highest BCUT2D eigenvalue weighted by molar-refractivity contribution is 7.98. The molecule has 0 saturated carbocycles. The Labute approximate surface area is 99.8 Å². The van der Waals surface area contributed by atoms with Gasteiger partial charge in [0, 0.05) is 17.1 Å². The number of hydrogen-bond donors (Lipinski definition) is 1. The van der Waals surface area contributed by atoms with E-state index in [1.807, 2.05) is 24.3 Å². The Morgan fingerprint density at radius 1 is 1.50 bits per heavy atom. The number of benzene rings is 1. The minimum absolute atomic E-state index is 0.306. The van der Waals surface area contributed by atoms with Crippen LogP contribution in [-0.2, 0) is 10.5 Å². The second-order valence-electron chi connectivity index (χ2n) is 3.57. The van der Waals surface area contributed by atoms with Crippen LogP contribution in [0.15, 0.2) is 24.3 Å². The topological polar surface area (TPSA) is 46.5 Å². The van der Waals surface area contributed by atoms with Gasteiger partial charge in [0.1, 0.15) is 5.75 Å². The standard InChI is InChI=1S/C12H16O3S/c1-9(12(13)14)7-16-8-10-5-3-4-6-11(10)15-2/h3-6,9H,7-8H2,1-2H3,(H,13,14). The van der Waals surface area contributed by atoms with Gasteiger partial charge in [0.2, 0.25) is 0 Å². The zero-order valence-electron chi connectivity index (χ0n) is 9.47. The van der Waals surface area contributed by atoms with Crippen LogP contribution < -0.4 is 4.74 Å². The minimum atomic E-state index is -0.743. The van der Waals surface area contributed by atoms with Crippen molar-refractivity contribution >= 4 is 17.7 Å². The molecule has 1 aromatic rings. The van der Waals surface area contributed by atoms with Gasteiger partial charge in [-0.1, -0.05) is 25.1 Å². The van der Waals surface area contributed by atoms with Crippen LogP contribution >= 0.6 is 11.8 Å². The van der Waals surface area contributed by atoms with Crippen LogP contribution in [0.4, 0.5) is 0 Å². The number of rotatable bonds is 6. The molecule has 1 rings (SSSR count). The van der Waals surface area contributed by atoms with E-state index in [0.29, 0.717) is 5.75 Å². The lowest BCUT2D eigenvalue weighted by Crippen LogP contribution is -2.11. The predicted octanol–water partition coefficient (Wildman–Crippen LogP) is 2.65. The number of ether oxygens (including phenoxy) is 1. The second-order valence-corrected chi connectivity index (χ2v) is 4.60. The highest BCUT2D eigenvalue weighted by Crippen LogP contribution is 2.23.